The Hall–Kier alpha value is -1.85. The number of furan rings is 1. The van der Waals surface area contributed by atoms with Crippen LogP contribution in [0.5, 0.6) is 0 Å². The maximum absolute atomic E-state index is 13.1. The molecule has 2 aromatic rings. The lowest BCUT2D eigenvalue weighted by Gasteiger charge is -2.15. The number of benzene rings is 1. The van der Waals surface area contributed by atoms with E-state index in [-0.39, 0.29) is 5.82 Å². The zero-order valence-electron chi connectivity index (χ0n) is 8.48. The van der Waals surface area contributed by atoms with Crippen molar-refractivity contribution in [3.63, 3.8) is 0 Å². The summed E-state index contributed by atoms with van der Waals surface area (Å²) in [6.45, 7) is 0. The van der Waals surface area contributed by atoms with Crippen LogP contribution in [0.25, 0.3) is 0 Å². The van der Waals surface area contributed by atoms with Gasteiger partial charge in [0.1, 0.15) is 17.6 Å². The van der Waals surface area contributed by atoms with E-state index in [1.165, 1.54) is 24.5 Å². The summed E-state index contributed by atoms with van der Waals surface area (Å²) in [6.07, 6.45) is 1.52. The standard InChI is InChI=1S/C11H12FN3O/c12-7-3-4-9(13)8(6-7)11(15-14)10-2-1-5-16-10/h1-6,11,15H,13-14H2. The third kappa shape index (κ3) is 1.91. The fraction of sp³-hybridized carbons (Fsp3) is 0.0909. The highest BCUT2D eigenvalue weighted by Gasteiger charge is 2.18. The predicted octanol–water partition coefficient (Wildman–Crippen LogP) is 1.55. The highest BCUT2D eigenvalue weighted by molar-refractivity contribution is 5.50. The number of halogens is 1. The molecule has 5 N–H and O–H groups in total. The highest BCUT2D eigenvalue weighted by atomic mass is 19.1. The Bertz CT molecular complexity index is 470. The highest BCUT2D eigenvalue weighted by Crippen LogP contribution is 2.26. The molecule has 1 unspecified atom stereocenters. The number of hydrazine groups is 1. The van der Waals surface area contributed by atoms with Crippen molar-refractivity contribution in [2.75, 3.05) is 5.73 Å². The van der Waals surface area contributed by atoms with Gasteiger partial charge in [0.05, 0.1) is 6.26 Å². The van der Waals surface area contributed by atoms with E-state index in [1.54, 1.807) is 12.1 Å². The van der Waals surface area contributed by atoms with Crippen LogP contribution in [0.3, 0.4) is 0 Å². The van der Waals surface area contributed by atoms with Gasteiger partial charge < -0.3 is 10.2 Å². The minimum absolute atomic E-state index is 0.365. The molecule has 0 aliphatic heterocycles. The monoisotopic (exact) mass is 221 g/mol. The molecular formula is C11H12FN3O. The minimum atomic E-state index is -0.453. The molecule has 0 spiro atoms. The summed E-state index contributed by atoms with van der Waals surface area (Å²) in [5.74, 6) is 5.65. The van der Waals surface area contributed by atoms with Gasteiger partial charge >= 0.3 is 0 Å². The van der Waals surface area contributed by atoms with Crippen molar-refractivity contribution in [1.29, 1.82) is 0 Å². The van der Waals surface area contributed by atoms with Crippen LogP contribution in [-0.2, 0) is 0 Å². The molecule has 5 heteroatoms. The normalized spacial score (nSPS) is 12.6. The van der Waals surface area contributed by atoms with Crippen LogP contribution in [0, 0.1) is 5.82 Å². The molecule has 0 saturated carbocycles. The van der Waals surface area contributed by atoms with E-state index in [9.17, 15) is 4.39 Å². The predicted molar refractivity (Wildman–Crippen MR) is 58.7 cm³/mol. The first-order chi connectivity index (χ1) is 7.72. The van der Waals surface area contributed by atoms with Gasteiger partial charge in [0.2, 0.25) is 0 Å². The fourth-order valence-corrected chi connectivity index (χ4v) is 1.58. The van der Waals surface area contributed by atoms with Gasteiger partial charge in [-0.15, -0.1) is 0 Å². The van der Waals surface area contributed by atoms with Gasteiger partial charge in [-0.2, -0.15) is 0 Å². The summed E-state index contributed by atoms with van der Waals surface area (Å²) in [5.41, 5.74) is 9.33. The van der Waals surface area contributed by atoms with Crippen LogP contribution in [0.15, 0.2) is 41.0 Å². The summed E-state index contributed by atoms with van der Waals surface area (Å²) in [6, 6.07) is 7.16. The summed E-state index contributed by atoms with van der Waals surface area (Å²) >= 11 is 0. The molecule has 0 saturated heterocycles. The van der Waals surface area contributed by atoms with Crippen LogP contribution in [-0.4, -0.2) is 0 Å². The second-order valence-corrected chi connectivity index (χ2v) is 3.39. The molecule has 0 aliphatic carbocycles. The second-order valence-electron chi connectivity index (χ2n) is 3.39. The number of rotatable bonds is 3. The molecule has 0 aliphatic rings. The molecule has 0 amide bonds. The molecule has 1 aromatic carbocycles. The van der Waals surface area contributed by atoms with E-state index in [1.807, 2.05) is 0 Å². The number of hydrogen-bond donors (Lipinski definition) is 3. The van der Waals surface area contributed by atoms with Crippen molar-refractivity contribution < 1.29 is 8.81 Å². The first-order valence-corrected chi connectivity index (χ1v) is 4.77. The molecule has 4 nitrogen and oxygen atoms in total. The summed E-state index contributed by atoms with van der Waals surface area (Å²) in [7, 11) is 0. The number of hydrogen-bond acceptors (Lipinski definition) is 4. The van der Waals surface area contributed by atoms with Gasteiger partial charge in [-0.05, 0) is 30.3 Å². The lowest BCUT2D eigenvalue weighted by molar-refractivity contribution is 0.451. The summed E-state index contributed by atoms with van der Waals surface area (Å²) < 4.78 is 18.3. The van der Waals surface area contributed by atoms with Crippen LogP contribution < -0.4 is 17.0 Å². The SMILES string of the molecule is NNC(c1ccco1)c1cc(F)ccc1N. The van der Waals surface area contributed by atoms with E-state index in [0.717, 1.165) is 0 Å². The van der Waals surface area contributed by atoms with E-state index in [0.29, 0.717) is 17.0 Å². The Labute approximate surface area is 92.0 Å². The Morgan fingerprint density at radius 1 is 1.31 bits per heavy atom. The van der Waals surface area contributed by atoms with Crippen molar-refractivity contribution in [1.82, 2.24) is 5.43 Å². The van der Waals surface area contributed by atoms with Gasteiger partial charge in [0.15, 0.2) is 0 Å². The van der Waals surface area contributed by atoms with Crippen LogP contribution in [0.4, 0.5) is 10.1 Å². The zero-order valence-corrected chi connectivity index (χ0v) is 8.48. The number of anilines is 1. The number of nitrogens with two attached hydrogens (primary N) is 2. The number of nitrogen functional groups attached to an aromatic ring is 1. The lowest BCUT2D eigenvalue weighted by Crippen LogP contribution is -2.29. The maximum atomic E-state index is 13.1. The van der Waals surface area contributed by atoms with Crippen LogP contribution >= 0.6 is 0 Å². The summed E-state index contributed by atoms with van der Waals surface area (Å²) in [4.78, 5) is 0. The molecule has 2 rings (SSSR count). The minimum Gasteiger partial charge on any atom is -0.467 e. The Kier molecular flexibility index (Phi) is 2.89. The van der Waals surface area contributed by atoms with Gasteiger partial charge in [0, 0.05) is 11.3 Å². The van der Waals surface area contributed by atoms with Gasteiger partial charge in [-0.25, -0.2) is 9.82 Å². The van der Waals surface area contributed by atoms with Crippen molar-refractivity contribution in [2.45, 2.75) is 6.04 Å². The van der Waals surface area contributed by atoms with E-state index in [4.69, 9.17) is 16.0 Å². The fourth-order valence-electron chi connectivity index (χ4n) is 1.58. The van der Waals surface area contributed by atoms with E-state index >= 15 is 0 Å². The Balaban J connectivity index is 2.44. The zero-order chi connectivity index (χ0) is 11.5. The van der Waals surface area contributed by atoms with Gasteiger partial charge in [-0.1, -0.05) is 0 Å². The van der Waals surface area contributed by atoms with Gasteiger partial charge in [0.25, 0.3) is 0 Å². The quantitative estimate of drug-likeness (QED) is 0.417. The molecular weight excluding hydrogens is 209 g/mol. The molecule has 0 fully saturated rings. The largest absolute Gasteiger partial charge is 0.467 e. The molecule has 16 heavy (non-hydrogen) atoms. The second kappa shape index (κ2) is 4.34. The molecule has 1 atom stereocenters. The first kappa shape index (κ1) is 10.7. The van der Waals surface area contributed by atoms with E-state index < -0.39 is 6.04 Å². The summed E-state index contributed by atoms with van der Waals surface area (Å²) in [5, 5.41) is 0. The number of nitrogens with one attached hydrogen (secondary N) is 1. The first-order valence-electron chi connectivity index (χ1n) is 4.77. The van der Waals surface area contributed by atoms with Crippen molar-refractivity contribution in [3.8, 4) is 0 Å². The molecule has 0 radical (unpaired) electrons. The van der Waals surface area contributed by atoms with Crippen LogP contribution in [0.1, 0.15) is 17.4 Å². The van der Waals surface area contributed by atoms with Crippen LogP contribution in [0.2, 0.25) is 0 Å². The van der Waals surface area contributed by atoms with Gasteiger partial charge in [-0.3, -0.25) is 5.84 Å². The average molecular weight is 221 g/mol. The van der Waals surface area contributed by atoms with Crippen molar-refractivity contribution in [3.05, 3.63) is 53.7 Å². The Morgan fingerprint density at radius 2 is 2.12 bits per heavy atom. The topological polar surface area (TPSA) is 77.2 Å². The third-order valence-electron chi connectivity index (χ3n) is 2.35. The van der Waals surface area contributed by atoms with Crippen molar-refractivity contribution in [2.24, 2.45) is 5.84 Å². The van der Waals surface area contributed by atoms with Crippen molar-refractivity contribution >= 4 is 5.69 Å². The molecule has 0 bridgehead atoms. The molecule has 1 heterocycles. The average Bonchev–Trinajstić information content (AvgIpc) is 2.78. The lowest BCUT2D eigenvalue weighted by atomic mass is 10.0. The maximum Gasteiger partial charge on any atom is 0.126 e. The smallest absolute Gasteiger partial charge is 0.126 e. The Morgan fingerprint density at radius 3 is 2.75 bits per heavy atom. The molecule has 84 valence electrons. The van der Waals surface area contributed by atoms with E-state index in [2.05, 4.69) is 5.43 Å². The molecule has 1 aromatic heterocycles. The third-order valence-corrected chi connectivity index (χ3v) is 2.35.